The summed E-state index contributed by atoms with van der Waals surface area (Å²) < 4.78 is 5.29. The normalized spacial score (nSPS) is 12.0. The van der Waals surface area contributed by atoms with Crippen molar-refractivity contribution in [2.24, 2.45) is 0 Å². The molecule has 1 atom stereocenters. The molecule has 4 nitrogen and oxygen atoms in total. The number of nitrogens with one attached hydrogen (secondary N) is 1. The number of aliphatic hydroxyl groups is 1. The zero-order valence-electron chi connectivity index (χ0n) is 10.9. The lowest BCUT2D eigenvalue weighted by Gasteiger charge is -2.12. The van der Waals surface area contributed by atoms with Gasteiger partial charge in [0, 0.05) is 11.6 Å². The fourth-order valence-electron chi connectivity index (χ4n) is 1.58. The maximum atomic E-state index is 11.7. The maximum Gasteiger partial charge on any atom is 0.258 e. The van der Waals surface area contributed by atoms with Crippen molar-refractivity contribution < 1.29 is 14.6 Å². The van der Waals surface area contributed by atoms with Gasteiger partial charge in [0.05, 0.1) is 11.1 Å². The molecule has 1 aromatic heterocycles. The number of carbonyl (C=O) groups excluding carboxylic acids is 1. The topological polar surface area (TPSA) is 58.6 Å². The van der Waals surface area contributed by atoms with E-state index in [1.165, 1.54) is 17.4 Å². The Bertz CT molecular complexity index is 604. The van der Waals surface area contributed by atoms with Gasteiger partial charge in [0.2, 0.25) is 0 Å². The van der Waals surface area contributed by atoms with Gasteiger partial charge in [-0.3, -0.25) is 4.79 Å². The Labute approximate surface area is 136 Å². The molecule has 0 bridgehead atoms. The Kier molecular flexibility index (Phi) is 5.87. The van der Waals surface area contributed by atoms with E-state index in [2.05, 4.69) is 5.32 Å². The summed E-state index contributed by atoms with van der Waals surface area (Å²) in [6.45, 7) is -0.0506. The molecule has 0 saturated heterocycles. The molecule has 2 aromatic rings. The first-order valence-corrected chi connectivity index (χ1v) is 7.81. The average Bonchev–Trinajstić information content (AvgIpc) is 2.98. The smallest absolute Gasteiger partial charge is 0.258 e. The molecule has 0 radical (unpaired) electrons. The van der Waals surface area contributed by atoms with Crippen molar-refractivity contribution in [1.82, 2.24) is 5.32 Å². The number of halogens is 2. The predicted octanol–water partition coefficient (Wildman–Crippen LogP) is 3.28. The van der Waals surface area contributed by atoms with E-state index in [4.69, 9.17) is 27.9 Å². The van der Waals surface area contributed by atoms with Crippen LogP contribution in [0.3, 0.4) is 0 Å². The van der Waals surface area contributed by atoms with Crippen LogP contribution in [-0.2, 0) is 4.79 Å². The molecule has 0 aliphatic heterocycles. The molecule has 1 heterocycles. The highest BCUT2D eigenvalue weighted by atomic mass is 35.5. The van der Waals surface area contributed by atoms with Gasteiger partial charge in [-0.15, -0.1) is 0 Å². The first kappa shape index (κ1) is 16.1. The molecule has 2 rings (SSSR count). The number of thiophene rings is 1. The number of amides is 1. The molecule has 7 heteroatoms. The van der Waals surface area contributed by atoms with E-state index in [1.54, 1.807) is 12.1 Å². The summed E-state index contributed by atoms with van der Waals surface area (Å²) in [5.74, 6) is 0.0462. The van der Waals surface area contributed by atoms with E-state index >= 15 is 0 Å². The molecule has 2 N–H and O–H groups in total. The van der Waals surface area contributed by atoms with E-state index in [9.17, 15) is 9.90 Å². The molecule has 0 aliphatic carbocycles. The van der Waals surface area contributed by atoms with E-state index in [-0.39, 0.29) is 19.1 Å². The Morgan fingerprint density at radius 3 is 2.86 bits per heavy atom. The van der Waals surface area contributed by atoms with Crippen molar-refractivity contribution in [1.29, 1.82) is 0 Å². The minimum absolute atomic E-state index is 0.132. The van der Waals surface area contributed by atoms with Crippen LogP contribution in [0.25, 0.3) is 0 Å². The van der Waals surface area contributed by atoms with Crippen LogP contribution < -0.4 is 10.1 Å². The van der Waals surface area contributed by atoms with Gasteiger partial charge in [-0.25, -0.2) is 0 Å². The second kappa shape index (κ2) is 7.66. The summed E-state index contributed by atoms with van der Waals surface area (Å²) in [6.07, 6.45) is -0.723. The van der Waals surface area contributed by atoms with Crippen molar-refractivity contribution >= 4 is 40.4 Å². The highest BCUT2D eigenvalue weighted by Gasteiger charge is 2.11. The minimum atomic E-state index is -0.723. The van der Waals surface area contributed by atoms with Gasteiger partial charge in [-0.2, -0.15) is 11.3 Å². The monoisotopic (exact) mass is 345 g/mol. The Balaban J connectivity index is 1.77. The van der Waals surface area contributed by atoms with Crippen LogP contribution in [0.15, 0.2) is 35.0 Å². The first-order chi connectivity index (χ1) is 10.1. The van der Waals surface area contributed by atoms with Crippen LogP contribution in [0.5, 0.6) is 5.75 Å². The second-order valence-electron chi connectivity index (χ2n) is 4.24. The third kappa shape index (κ3) is 4.89. The molecule has 0 saturated carbocycles. The third-order valence-electron chi connectivity index (χ3n) is 2.67. The lowest BCUT2D eigenvalue weighted by atomic mass is 10.2. The second-order valence-corrected chi connectivity index (χ2v) is 5.86. The highest BCUT2D eigenvalue weighted by molar-refractivity contribution is 7.07. The van der Waals surface area contributed by atoms with Crippen LogP contribution in [0.2, 0.25) is 10.0 Å². The Morgan fingerprint density at radius 1 is 1.38 bits per heavy atom. The number of rotatable bonds is 6. The number of ether oxygens (including phenoxy) is 1. The molecule has 0 unspecified atom stereocenters. The van der Waals surface area contributed by atoms with E-state index in [0.717, 1.165) is 5.56 Å². The van der Waals surface area contributed by atoms with Crippen molar-refractivity contribution in [2.75, 3.05) is 13.2 Å². The molecule has 112 valence electrons. The Morgan fingerprint density at radius 2 is 2.19 bits per heavy atom. The summed E-state index contributed by atoms with van der Waals surface area (Å²) in [5.41, 5.74) is 0.780. The summed E-state index contributed by atoms with van der Waals surface area (Å²) in [5, 5.41) is 17.0. The standard InChI is InChI=1S/C14H13Cl2NO3S/c15-10-1-2-13(11(16)5-10)20-7-14(19)17-6-12(18)9-3-4-21-8-9/h1-5,8,12,18H,6-7H2,(H,17,19)/t12-/m1/s1. The van der Waals surface area contributed by atoms with Crippen molar-refractivity contribution in [3.8, 4) is 5.75 Å². The largest absolute Gasteiger partial charge is 0.482 e. The minimum Gasteiger partial charge on any atom is -0.482 e. The maximum absolute atomic E-state index is 11.7. The van der Waals surface area contributed by atoms with E-state index < -0.39 is 6.10 Å². The molecular formula is C14H13Cl2NO3S. The van der Waals surface area contributed by atoms with Gasteiger partial charge < -0.3 is 15.2 Å². The van der Waals surface area contributed by atoms with Gasteiger partial charge in [-0.1, -0.05) is 23.2 Å². The predicted molar refractivity (Wildman–Crippen MR) is 84.2 cm³/mol. The SMILES string of the molecule is O=C(COc1ccc(Cl)cc1Cl)NC[C@@H](O)c1ccsc1. The van der Waals surface area contributed by atoms with Crippen molar-refractivity contribution in [2.45, 2.75) is 6.10 Å². The molecule has 1 aromatic carbocycles. The molecule has 0 aliphatic rings. The molecule has 0 spiro atoms. The zero-order chi connectivity index (χ0) is 15.2. The molecule has 21 heavy (non-hydrogen) atoms. The van der Waals surface area contributed by atoms with Crippen LogP contribution >= 0.6 is 34.5 Å². The lowest BCUT2D eigenvalue weighted by molar-refractivity contribution is -0.123. The van der Waals surface area contributed by atoms with Gasteiger partial charge in [0.15, 0.2) is 6.61 Å². The Hall–Kier alpha value is -1.27. The average molecular weight is 346 g/mol. The summed E-state index contributed by atoms with van der Waals surface area (Å²) >= 11 is 13.2. The summed E-state index contributed by atoms with van der Waals surface area (Å²) in [6, 6.07) is 6.57. The molecule has 1 amide bonds. The number of hydrogen-bond acceptors (Lipinski definition) is 4. The van der Waals surface area contributed by atoms with Crippen molar-refractivity contribution in [3.05, 3.63) is 50.6 Å². The summed E-state index contributed by atoms with van der Waals surface area (Å²) in [7, 11) is 0. The highest BCUT2D eigenvalue weighted by Crippen LogP contribution is 2.27. The van der Waals surface area contributed by atoms with Crippen LogP contribution in [0.1, 0.15) is 11.7 Å². The van der Waals surface area contributed by atoms with Gasteiger partial charge in [-0.05, 0) is 40.6 Å². The summed E-state index contributed by atoms with van der Waals surface area (Å²) in [4.78, 5) is 11.7. The number of carbonyl (C=O) groups is 1. The fourth-order valence-corrected chi connectivity index (χ4v) is 2.75. The van der Waals surface area contributed by atoms with Crippen LogP contribution in [0.4, 0.5) is 0 Å². The van der Waals surface area contributed by atoms with Crippen LogP contribution in [-0.4, -0.2) is 24.2 Å². The van der Waals surface area contributed by atoms with E-state index in [1.807, 2.05) is 16.8 Å². The van der Waals surface area contributed by atoms with Gasteiger partial charge in [0.25, 0.3) is 5.91 Å². The van der Waals surface area contributed by atoms with Gasteiger partial charge in [0.1, 0.15) is 5.75 Å². The third-order valence-corrected chi connectivity index (χ3v) is 3.91. The number of aliphatic hydroxyl groups excluding tert-OH is 1. The van der Waals surface area contributed by atoms with Crippen LogP contribution in [0, 0.1) is 0 Å². The number of hydrogen-bond donors (Lipinski definition) is 2. The molecular weight excluding hydrogens is 333 g/mol. The van der Waals surface area contributed by atoms with Crippen molar-refractivity contribution in [3.63, 3.8) is 0 Å². The van der Waals surface area contributed by atoms with E-state index in [0.29, 0.717) is 15.8 Å². The number of benzene rings is 1. The lowest BCUT2D eigenvalue weighted by Crippen LogP contribution is -2.32. The molecule has 0 fully saturated rings. The fraction of sp³-hybridized carbons (Fsp3) is 0.214. The van der Waals surface area contributed by atoms with Gasteiger partial charge >= 0.3 is 0 Å². The quantitative estimate of drug-likeness (QED) is 0.844. The zero-order valence-corrected chi connectivity index (χ0v) is 13.2. The first-order valence-electron chi connectivity index (χ1n) is 6.11.